The van der Waals surface area contributed by atoms with Gasteiger partial charge in [0.25, 0.3) is 0 Å². The summed E-state index contributed by atoms with van der Waals surface area (Å²) in [7, 11) is 0. The van der Waals surface area contributed by atoms with Gasteiger partial charge in [-0.05, 0) is 36.4 Å². The minimum absolute atomic E-state index is 0.0311. The lowest BCUT2D eigenvalue weighted by molar-refractivity contribution is 0.112. The van der Waals surface area contributed by atoms with E-state index in [1.165, 1.54) is 36.4 Å². The highest BCUT2D eigenvalue weighted by Crippen LogP contribution is 2.23. The van der Waals surface area contributed by atoms with E-state index in [2.05, 4.69) is 0 Å². The first kappa shape index (κ1) is 11.3. The molecule has 0 aliphatic rings. The number of halogens is 2. The summed E-state index contributed by atoms with van der Waals surface area (Å²) < 4.78 is 31.2. The summed E-state index contributed by atoms with van der Waals surface area (Å²) >= 11 is 0. The minimum Gasteiger partial charge on any atom is -0.457 e. The summed E-state index contributed by atoms with van der Waals surface area (Å²) in [5, 5.41) is 0. The molecule has 4 heteroatoms. The van der Waals surface area contributed by atoms with E-state index in [9.17, 15) is 13.6 Å². The Labute approximate surface area is 96.5 Å². The fourth-order valence-corrected chi connectivity index (χ4v) is 1.31. The van der Waals surface area contributed by atoms with Crippen LogP contribution in [0.3, 0.4) is 0 Å². The van der Waals surface area contributed by atoms with Gasteiger partial charge in [0.05, 0.1) is 5.56 Å². The molecule has 17 heavy (non-hydrogen) atoms. The largest absolute Gasteiger partial charge is 0.457 e. The van der Waals surface area contributed by atoms with E-state index in [4.69, 9.17) is 4.74 Å². The number of rotatable bonds is 3. The van der Waals surface area contributed by atoms with E-state index < -0.39 is 5.82 Å². The lowest BCUT2D eigenvalue weighted by atomic mass is 10.2. The van der Waals surface area contributed by atoms with Crippen molar-refractivity contribution >= 4 is 6.29 Å². The Balaban J connectivity index is 2.21. The zero-order chi connectivity index (χ0) is 12.3. The van der Waals surface area contributed by atoms with Crippen LogP contribution in [0.1, 0.15) is 10.4 Å². The lowest BCUT2D eigenvalue weighted by Crippen LogP contribution is -1.90. The van der Waals surface area contributed by atoms with Crippen LogP contribution >= 0.6 is 0 Å². The molecular weight excluding hydrogens is 226 g/mol. The third-order valence-electron chi connectivity index (χ3n) is 2.15. The molecule has 0 unspecified atom stereocenters. The number of hydrogen-bond donors (Lipinski definition) is 0. The predicted octanol–water partition coefficient (Wildman–Crippen LogP) is 3.57. The van der Waals surface area contributed by atoms with Crippen LogP contribution in [0.5, 0.6) is 11.5 Å². The molecule has 0 saturated heterocycles. The van der Waals surface area contributed by atoms with Crippen molar-refractivity contribution < 1.29 is 18.3 Å². The van der Waals surface area contributed by atoms with Crippen molar-refractivity contribution in [3.05, 3.63) is 59.7 Å². The zero-order valence-corrected chi connectivity index (χ0v) is 8.69. The first-order chi connectivity index (χ1) is 8.19. The summed E-state index contributed by atoms with van der Waals surface area (Å²) in [5.41, 5.74) is -0.0311. The molecule has 0 aliphatic heterocycles. The molecule has 0 aromatic heterocycles. The molecule has 0 fully saturated rings. The second-order valence-corrected chi connectivity index (χ2v) is 3.36. The van der Waals surface area contributed by atoms with Gasteiger partial charge in [0.15, 0.2) is 6.29 Å². The smallest absolute Gasteiger partial charge is 0.152 e. The number of benzene rings is 2. The number of carbonyl (C=O) groups is 1. The quantitative estimate of drug-likeness (QED) is 0.759. The molecule has 0 N–H and O–H groups in total. The van der Waals surface area contributed by atoms with Crippen LogP contribution in [0, 0.1) is 11.6 Å². The third kappa shape index (κ3) is 2.66. The van der Waals surface area contributed by atoms with Crippen molar-refractivity contribution in [1.29, 1.82) is 0 Å². The van der Waals surface area contributed by atoms with E-state index in [0.717, 1.165) is 6.07 Å². The summed E-state index contributed by atoms with van der Waals surface area (Å²) in [6.45, 7) is 0. The summed E-state index contributed by atoms with van der Waals surface area (Å²) in [6.07, 6.45) is 0.428. The van der Waals surface area contributed by atoms with Crippen molar-refractivity contribution in [3.8, 4) is 11.5 Å². The molecule has 0 bridgehead atoms. The maximum atomic E-state index is 13.2. The highest BCUT2D eigenvalue weighted by Gasteiger charge is 2.04. The molecule has 0 radical (unpaired) electrons. The Morgan fingerprint density at radius 2 is 1.59 bits per heavy atom. The summed E-state index contributed by atoms with van der Waals surface area (Å²) in [5.74, 6) is -0.385. The second-order valence-electron chi connectivity index (χ2n) is 3.36. The third-order valence-corrected chi connectivity index (χ3v) is 2.15. The van der Waals surface area contributed by atoms with E-state index in [1.54, 1.807) is 0 Å². The van der Waals surface area contributed by atoms with Crippen molar-refractivity contribution in [1.82, 2.24) is 0 Å². The normalized spacial score (nSPS) is 10.0. The Morgan fingerprint density at radius 3 is 2.18 bits per heavy atom. The fourth-order valence-electron chi connectivity index (χ4n) is 1.31. The molecule has 2 aromatic rings. The standard InChI is InChI=1S/C13H8F2O2/c14-10-2-5-11(6-3-10)17-12-4-1-9(8-16)13(15)7-12/h1-8H. The van der Waals surface area contributed by atoms with Crippen molar-refractivity contribution in [2.45, 2.75) is 0 Å². The molecule has 0 aliphatic carbocycles. The zero-order valence-electron chi connectivity index (χ0n) is 8.69. The van der Waals surface area contributed by atoms with Gasteiger partial charge < -0.3 is 4.74 Å². The van der Waals surface area contributed by atoms with Crippen molar-refractivity contribution in [3.63, 3.8) is 0 Å². The molecule has 0 heterocycles. The van der Waals surface area contributed by atoms with Gasteiger partial charge in [0.1, 0.15) is 23.1 Å². The first-order valence-electron chi connectivity index (χ1n) is 4.87. The monoisotopic (exact) mass is 234 g/mol. The van der Waals surface area contributed by atoms with E-state index in [-0.39, 0.29) is 17.1 Å². The van der Waals surface area contributed by atoms with Crippen LogP contribution in [0.25, 0.3) is 0 Å². The summed E-state index contributed by atoms with van der Waals surface area (Å²) in [4.78, 5) is 10.4. The maximum absolute atomic E-state index is 13.2. The Bertz CT molecular complexity index is 536. The van der Waals surface area contributed by atoms with Gasteiger partial charge in [-0.15, -0.1) is 0 Å². The lowest BCUT2D eigenvalue weighted by Gasteiger charge is -2.06. The fraction of sp³-hybridized carbons (Fsp3) is 0. The molecular formula is C13H8F2O2. The van der Waals surface area contributed by atoms with Crippen LogP contribution in [-0.2, 0) is 0 Å². The molecule has 0 atom stereocenters. The van der Waals surface area contributed by atoms with Crippen LogP contribution in [0.2, 0.25) is 0 Å². The van der Waals surface area contributed by atoms with Crippen molar-refractivity contribution in [2.75, 3.05) is 0 Å². The van der Waals surface area contributed by atoms with Gasteiger partial charge in [0, 0.05) is 6.07 Å². The van der Waals surface area contributed by atoms with Gasteiger partial charge in [-0.25, -0.2) is 8.78 Å². The van der Waals surface area contributed by atoms with Gasteiger partial charge in [-0.1, -0.05) is 0 Å². The Morgan fingerprint density at radius 1 is 0.941 bits per heavy atom. The molecule has 0 amide bonds. The highest BCUT2D eigenvalue weighted by molar-refractivity contribution is 5.75. The van der Waals surface area contributed by atoms with E-state index in [0.29, 0.717) is 12.0 Å². The molecule has 86 valence electrons. The van der Waals surface area contributed by atoms with E-state index >= 15 is 0 Å². The number of aldehydes is 1. The average Bonchev–Trinajstić information content (AvgIpc) is 2.32. The molecule has 2 rings (SSSR count). The second kappa shape index (κ2) is 4.74. The SMILES string of the molecule is O=Cc1ccc(Oc2ccc(F)cc2)cc1F. The first-order valence-corrected chi connectivity index (χ1v) is 4.87. The van der Waals surface area contributed by atoms with Crippen LogP contribution in [0.15, 0.2) is 42.5 Å². The minimum atomic E-state index is -0.653. The number of hydrogen-bond acceptors (Lipinski definition) is 2. The molecule has 2 aromatic carbocycles. The molecule has 2 nitrogen and oxygen atoms in total. The highest BCUT2D eigenvalue weighted by atomic mass is 19.1. The van der Waals surface area contributed by atoms with Gasteiger partial charge in [-0.2, -0.15) is 0 Å². The number of carbonyl (C=O) groups excluding carboxylic acids is 1. The Kier molecular flexibility index (Phi) is 3.14. The van der Waals surface area contributed by atoms with Crippen LogP contribution in [-0.4, -0.2) is 6.29 Å². The van der Waals surface area contributed by atoms with Crippen LogP contribution in [0.4, 0.5) is 8.78 Å². The predicted molar refractivity (Wildman–Crippen MR) is 58.3 cm³/mol. The molecule has 0 saturated carbocycles. The number of ether oxygens (including phenoxy) is 1. The van der Waals surface area contributed by atoms with Gasteiger partial charge in [-0.3, -0.25) is 4.79 Å². The van der Waals surface area contributed by atoms with Crippen LogP contribution < -0.4 is 4.74 Å². The topological polar surface area (TPSA) is 26.3 Å². The summed E-state index contributed by atoms with van der Waals surface area (Å²) in [6, 6.07) is 9.24. The molecule has 0 spiro atoms. The average molecular weight is 234 g/mol. The maximum Gasteiger partial charge on any atom is 0.152 e. The van der Waals surface area contributed by atoms with Gasteiger partial charge >= 0.3 is 0 Å². The van der Waals surface area contributed by atoms with Crippen molar-refractivity contribution in [2.24, 2.45) is 0 Å². The van der Waals surface area contributed by atoms with Gasteiger partial charge in [0.2, 0.25) is 0 Å². The van der Waals surface area contributed by atoms with E-state index in [1.807, 2.05) is 0 Å². The Hall–Kier alpha value is -2.23.